The van der Waals surface area contributed by atoms with Crippen LogP contribution in [0.2, 0.25) is 5.02 Å². The molecule has 2 rings (SSSR count). The molecule has 2 N–H and O–H groups in total. The highest BCUT2D eigenvalue weighted by molar-refractivity contribution is 6.32. The van der Waals surface area contributed by atoms with Crippen molar-refractivity contribution in [3.05, 3.63) is 53.1 Å². The maximum absolute atomic E-state index is 12.1. The molecule has 0 aliphatic heterocycles. The number of hydrogen-bond acceptors (Lipinski definition) is 3. The number of phenolic OH excluding ortho intramolecular Hbond substituents is 1. The minimum atomic E-state index is -2.83. The molecule has 6 heteroatoms. The molecule has 0 aliphatic carbocycles. The highest BCUT2D eigenvalue weighted by Crippen LogP contribution is 2.28. The van der Waals surface area contributed by atoms with Crippen LogP contribution in [0.15, 0.2) is 42.5 Å². The Balaban J connectivity index is 2.05. The molecule has 0 saturated carbocycles. The number of ether oxygens (including phenoxy) is 1. The van der Waals surface area contributed by atoms with E-state index in [-0.39, 0.29) is 22.6 Å². The Morgan fingerprint density at radius 1 is 1.14 bits per heavy atom. The summed E-state index contributed by atoms with van der Waals surface area (Å²) < 4.78 is 28.4. The van der Waals surface area contributed by atoms with Crippen molar-refractivity contribution in [2.24, 2.45) is 0 Å². The van der Waals surface area contributed by atoms with Crippen LogP contribution in [0, 0.1) is 0 Å². The van der Waals surface area contributed by atoms with Gasteiger partial charge in [0.2, 0.25) is 0 Å². The number of nitrogens with one attached hydrogen (secondary N) is 1. The molecule has 3 nitrogen and oxygen atoms in total. The maximum Gasteiger partial charge on any atom is 0.387 e. The van der Waals surface area contributed by atoms with E-state index in [1.807, 2.05) is 6.92 Å². The standard InChI is InChI=1S/C15H14ClF2NO2/c1-9(19-11-4-7-14(20)13(16)8-11)10-2-5-12(6-3-10)21-15(17)18/h2-9,15,19-20H,1H3. The summed E-state index contributed by atoms with van der Waals surface area (Å²) >= 11 is 5.83. The van der Waals surface area contributed by atoms with Crippen molar-refractivity contribution >= 4 is 17.3 Å². The van der Waals surface area contributed by atoms with Crippen LogP contribution in [0.25, 0.3) is 0 Å². The number of alkyl halides is 2. The van der Waals surface area contributed by atoms with Gasteiger partial charge in [-0.2, -0.15) is 8.78 Å². The number of halogens is 3. The largest absolute Gasteiger partial charge is 0.506 e. The van der Waals surface area contributed by atoms with E-state index < -0.39 is 6.61 Å². The van der Waals surface area contributed by atoms with Gasteiger partial charge in [-0.25, -0.2) is 0 Å². The average molecular weight is 314 g/mol. The molecule has 0 bridgehead atoms. The van der Waals surface area contributed by atoms with E-state index in [1.165, 1.54) is 18.2 Å². The van der Waals surface area contributed by atoms with Crippen molar-refractivity contribution < 1.29 is 18.6 Å². The summed E-state index contributed by atoms with van der Waals surface area (Å²) in [6.45, 7) is -0.908. The second kappa shape index (κ2) is 6.63. The minimum absolute atomic E-state index is 0.0170. The highest BCUT2D eigenvalue weighted by atomic mass is 35.5. The lowest BCUT2D eigenvalue weighted by Gasteiger charge is -2.16. The van der Waals surface area contributed by atoms with Crippen LogP contribution in [0.4, 0.5) is 14.5 Å². The van der Waals surface area contributed by atoms with Gasteiger partial charge >= 0.3 is 6.61 Å². The molecule has 2 aromatic rings. The summed E-state index contributed by atoms with van der Waals surface area (Å²) in [5, 5.41) is 12.8. The summed E-state index contributed by atoms with van der Waals surface area (Å²) in [6.07, 6.45) is 0. The third-order valence-corrected chi connectivity index (χ3v) is 3.24. The summed E-state index contributed by atoms with van der Waals surface area (Å²) in [5.74, 6) is 0.136. The Morgan fingerprint density at radius 3 is 2.38 bits per heavy atom. The zero-order valence-corrected chi connectivity index (χ0v) is 11.9. The molecule has 1 unspecified atom stereocenters. The molecule has 2 aromatic carbocycles. The first-order valence-electron chi connectivity index (χ1n) is 6.25. The van der Waals surface area contributed by atoms with Gasteiger partial charge in [0.25, 0.3) is 0 Å². The van der Waals surface area contributed by atoms with Crippen molar-refractivity contribution in [2.45, 2.75) is 19.6 Å². The first-order valence-corrected chi connectivity index (χ1v) is 6.63. The Hall–Kier alpha value is -2.01. The molecule has 112 valence electrons. The lowest BCUT2D eigenvalue weighted by atomic mass is 10.1. The van der Waals surface area contributed by atoms with Crippen LogP contribution in [0.3, 0.4) is 0 Å². The molecular weight excluding hydrogens is 300 g/mol. The number of hydrogen-bond donors (Lipinski definition) is 2. The van der Waals surface area contributed by atoms with Gasteiger partial charge < -0.3 is 15.2 Å². The van der Waals surface area contributed by atoms with Crippen LogP contribution in [0.5, 0.6) is 11.5 Å². The Kier molecular flexibility index (Phi) is 4.85. The fourth-order valence-corrected chi connectivity index (χ4v) is 2.05. The topological polar surface area (TPSA) is 41.5 Å². The van der Waals surface area contributed by atoms with Gasteiger partial charge in [-0.05, 0) is 42.8 Å². The van der Waals surface area contributed by atoms with E-state index in [0.29, 0.717) is 0 Å². The van der Waals surface area contributed by atoms with Crippen LogP contribution in [0.1, 0.15) is 18.5 Å². The van der Waals surface area contributed by atoms with Crippen molar-refractivity contribution in [3.8, 4) is 11.5 Å². The molecule has 0 heterocycles. The van der Waals surface area contributed by atoms with Gasteiger partial charge in [-0.15, -0.1) is 0 Å². The normalized spacial score (nSPS) is 12.2. The van der Waals surface area contributed by atoms with Crippen LogP contribution < -0.4 is 10.1 Å². The third kappa shape index (κ3) is 4.23. The zero-order valence-electron chi connectivity index (χ0n) is 11.2. The Bertz CT molecular complexity index is 605. The molecule has 0 fully saturated rings. The quantitative estimate of drug-likeness (QED) is 0.778. The van der Waals surface area contributed by atoms with Gasteiger partial charge in [0.05, 0.1) is 5.02 Å². The lowest BCUT2D eigenvalue weighted by molar-refractivity contribution is -0.0498. The Morgan fingerprint density at radius 2 is 1.81 bits per heavy atom. The molecule has 21 heavy (non-hydrogen) atoms. The van der Waals surface area contributed by atoms with Crippen molar-refractivity contribution in [3.63, 3.8) is 0 Å². The van der Waals surface area contributed by atoms with Gasteiger partial charge in [-0.3, -0.25) is 0 Å². The number of benzene rings is 2. The second-order valence-electron chi connectivity index (χ2n) is 4.48. The van der Waals surface area contributed by atoms with E-state index in [9.17, 15) is 13.9 Å². The molecular formula is C15H14ClF2NO2. The summed E-state index contributed by atoms with van der Waals surface area (Å²) in [6, 6.07) is 11.1. The van der Waals surface area contributed by atoms with Crippen molar-refractivity contribution in [2.75, 3.05) is 5.32 Å². The fourth-order valence-electron chi connectivity index (χ4n) is 1.87. The molecule has 0 spiro atoms. The highest BCUT2D eigenvalue weighted by Gasteiger charge is 2.08. The van der Waals surface area contributed by atoms with Crippen LogP contribution in [-0.4, -0.2) is 11.7 Å². The van der Waals surface area contributed by atoms with E-state index in [1.54, 1.807) is 24.3 Å². The average Bonchev–Trinajstić information content (AvgIpc) is 2.43. The minimum Gasteiger partial charge on any atom is -0.506 e. The van der Waals surface area contributed by atoms with Gasteiger partial charge in [0, 0.05) is 11.7 Å². The molecule has 0 saturated heterocycles. The maximum atomic E-state index is 12.1. The van der Waals surface area contributed by atoms with E-state index in [4.69, 9.17) is 11.6 Å². The summed E-state index contributed by atoms with van der Waals surface area (Å²) in [4.78, 5) is 0. The number of rotatable bonds is 5. The van der Waals surface area contributed by atoms with Crippen molar-refractivity contribution in [1.29, 1.82) is 0 Å². The molecule has 0 aromatic heterocycles. The molecule has 0 amide bonds. The van der Waals surface area contributed by atoms with Crippen molar-refractivity contribution in [1.82, 2.24) is 0 Å². The van der Waals surface area contributed by atoms with Gasteiger partial charge in [0.15, 0.2) is 0 Å². The predicted octanol–water partition coefficient (Wildman–Crippen LogP) is 4.82. The summed E-state index contributed by atoms with van der Waals surface area (Å²) in [5.41, 5.74) is 1.65. The van der Waals surface area contributed by atoms with Gasteiger partial charge in [-0.1, -0.05) is 23.7 Å². The fraction of sp³-hybridized carbons (Fsp3) is 0.200. The SMILES string of the molecule is CC(Nc1ccc(O)c(Cl)c1)c1ccc(OC(F)F)cc1. The zero-order chi connectivity index (χ0) is 15.4. The van der Waals surface area contributed by atoms with E-state index >= 15 is 0 Å². The first-order chi connectivity index (χ1) is 9.95. The molecule has 0 radical (unpaired) electrons. The smallest absolute Gasteiger partial charge is 0.387 e. The summed E-state index contributed by atoms with van der Waals surface area (Å²) in [7, 11) is 0. The monoisotopic (exact) mass is 313 g/mol. The number of aromatic hydroxyl groups is 1. The predicted molar refractivity (Wildman–Crippen MR) is 78.2 cm³/mol. The Labute approximate surface area is 126 Å². The van der Waals surface area contributed by atoms with Crippen LogP contribution in [-0.2, 0) is 0 Å². The lowest BCUT2D eigenvalue weighted by Crippen LogP contribution is -2.07. The van der Waals surface area contributed by atoms with E-state index in [0.717, 1.165) is 11.3 Å². The van der Waals surface area contributed by atoms with Gasteiger partial charge in [0.1, 0.15) is 11.5 Å². The molecule has 0 aliphatic rings. The van der Waals surface area contributed by atoms with E-state index in [2.05, 4.69) is 10.1 Å². The number of phenols is 1. The second-order valence-corrected chi connectivity index (χ2v) is 4.89. The molecule has 1 atom stereocenters. The van der Waals surface area contributed by atoms with Crippen LogP contribution >= 0.6 is 11.6 Å². The number of anilines is 1. The first kappa shape index (κ1) is 15.4. The third-order valence-electron chi connectivity index (χ3n) is 2.94.